The van der Waals surface area contributed by atoms with Gasteiger partial charge in [-0.15, -0.1) is 11.3 Å². The minimum atomic E-state index is -0.542. The number of nitriles is 1. The molecule has 0 fully saturated rings. The summed E-state index contributed by atoms with van der Waals surface area (Å²) >= 11 is 1.28. The zero-order chi connectivity index (χ0) is 22.9. The molecule has 32 heavy (non-hydrogen) atoms. The molecule has 1 heterocycles. The molecule has 0 atom stereocenters. The number of methoxy groups -OCH3 is 1. The van der Waals surface area contributed by atoms with Crippen LogP contribution in [0.4, 0.5) is 5.13 Å². The molecule has 7 nitrogen and oxygen atoms in total. The van der Waals surface area contributed by atoms with Gasteiger partial charge in [-0.3, -0.25) is 10.1 Å². The molecule has 0 aliphatic rings. The van der Waals surface area contributed by atoms with Gasteiger partial charge in [-0.05, 0) is 49.8 Å². The molecule has 1 amide bonds. The molecule has 0 unspecified atom stereocenters. The second-order valence-corrected chi connectivity index (χ2v) is 7.29. The Bertz CT molecular complexity index is 1160. The minimum Gasteiger partial charge on any atom is -0.493 e. The maximum Gasteiger partial charge on any atom is 0.268 e. The largest absolute Gasteiger partial charge is 0.493 e. The van der Waals surface area contributed by atoms with E-state index in [-0.39, 0.29) is 5.57 Å². The number of anilines is 1. The molecule has 8 heteroatoms. The first-order valence-corrected chi connectivity index (χ1v) is 10.9. The molecule has 0 saturated heterocycles. The van der Waals surface area contributed by atoms with Gasteiger partial charge in [-0.25, -0.2) is 4.98 Å². The van der Waals surface area contributed by atoms with Gasteiger partial charge in [0.1, 0.15) is 17.4 Å². The number of hydrogen-bond donors (Lipinski definition) is 1. The molecule has 0 saturated carbocycles. The molecule has 1 N–H and O–H groups in total. The third kappa shape index (κ3) is 5.45. The van der Waals surface area contributed by atoms with Gasteiger partial charge in [-0.1, -0.05) is 18.2 Å². The Hall–Kier alpha value is -3.83. The topological polar surface area (TPSA) is 93.5 Å². The van der Waals surface area contributed by atoms with Crippen LogP contribution in [0.15, 0.2) is 53.4 Å². The van der Waals surface area contributed by atoms with E-state index in [1.165, 1.54) is 24.5 Å². The summed E-state index contributed by atoms with van der Waals surface area (Å²) in [6, 6.07) is 14.7. The number of ether oxygens (including phenoxy) is 3. The smallest absolute Gasteiger partial charge is 0.268 e. The van der Waals surface area contributed by atoms with Crippen molar-refractivity contribution in [3.05, 3.63) is 59.0 Å². The number of amides is 1. The van der Waals surface area contributed by atoms with Crippen LogP contribution in [-0.4, -0.2) is 31.2 Å². The van der Waals surface area contributed by atoms with Crippen LogP contribution in [0.5, 0.6) is 17.2 Å². The lowest BCUT2D eigenvalue weighted by molar-refractivity contribution is -0.112. The number of nitrogens with zero attached hydrogens (tertiary/aromatic N) is 2. The fourth-order valence-electron chi connectivity index (χ4n) is 2.94. The number of para-hydroxylation sites is 1. The van der Waals surface area contributed by atoms with E-state index in [2.05, 4.69) is 10.3 Å². The monoisotopic (exact) mass is 449 g/mol. The highest BCUT2D eigenvalue weighted by Crippen LogP contribution is 2.32. The summed E-state index contributed by atoms with van der Waals surface area (Å²) in [5.41, 5.74) is 2.11. The molecule has 164 valence electrons. The Morgan fingerprint density at radius 1 is 1.12 bits per heavy atom. The van der Waals surface area contributed by atoms with E-state index in [1.54, 1.807) is 18.2 Å². The first-order valence-electron chi connectivity index (χ1n) is 10.0. The molecule has 0 spiro atoms. The van der Waals surface area contributed by atoms with Crippen LogP contribution >= 0.6 is 11.3 Å². The zero-order valence-electron chi connectivity index (χ0n) is 18.0. The van der Waals surface area contributed by atoms with Crippen molar-refractivity contribution in [2.24, 2.45) is 0 Å². The number of nitrogens with one attached hydrogen (secondary N) is 1. The number of carbonyl (C=O) groups is 1. The summed E-state index contributed by atoms with van der Waals surface area (Å²) in [7, 11) is 1.53. The lowest BCUT2D eigenvalue weighted by Gasteiger charge is -2.09. The summed E-state index contributed by atoms with van der Waals surface area (Å²) in [6.45, 7) is 4.84. The lowest BCUT2D eigenvalue weighted by Crippen LogP contribution is -2.13. The number of benzene rings is 2. The average Bonchev–Trinajstić information content (AvgIpc) is 3.27. The standard InChI is InChI=1S/C24H23N3O4S/c1-4-30-20-9-7-6-8-18(20)19-15-32-24(26-19)27-23(28)17(14-25)12-16-10-11-21(31-5-2)22(13-16)29-3/h6-13,15H,4-5H2,1-3H3,(H,26,27,28)/b17-12+. The van der Waals surface area contributed by atoms with Gasteiger partial charge in [0.05, 0.1) is 26.0 Å². The fourth-order valence-corrected chi connectivity index (χ4v) is 3.65. The third-order valence-corrected chi connectivity index (χ3v) is 5.11. The van der Waals surface area contributed by atoms with Crippen molar-refractivity contribution in [2.45, 2.75) is 13.8 Å². The normalized spacial score (nSPS) is 10.9. The van der Waals surface area contributed by atoms with Crippen molar-refractivity contribution in [3.8, 4) is 34.6 Å². The number of thiazole rings is 1. The maximum absolute atomic E-state index is 12.7. The summed E-state index contributed by atoms with van der Waals surface area (Å²) in [6.07, 6.45) is 1.49. The van der Waals surface area contributed by atoms with Gasteiger partial charge in [-0.2, -0.15) is 5.26 Å². The molecule has 3 rings (SSSR count). The van der Waals surface area contributed by atoms with Gasteiger partial charge < -0.3 is 14.2 Å². The Labute approximate surface area is 190 Å². The Kier molecular flexibility index (Phi) is 7.84. The highest BCUT2D eigenvalue weighted by molar-refractivity contribution is 7.14. The molecule has 0 bridgehead atoms. The van der Waals surface area contributed by atoms with E-state index in [9.17, 15) is 10.1 Å². The van der Waals surface area contributed by atoms with Crippen molar-refractivity contribution in [1.29, 1.82) is 5.26 Å². The van der Waals surface area contributed by atoms with E-state index in [0.717, 1.165) is 11.3 Å². The second kappa shape index (κ2) is 11.0. The summed E-state index contributed by atoms with van der Waals surface area (Å²) < 4.78 is 16.5. The molecule has 0 aliphatic carbocycles. The van der Waals surface area contributed by atoms with Crippen LogP contribution in [0.2, 0.25) is 0 Å². The highest BCUT2D eigenvalue weighted by Gasteiger charge is 2.15. The van der Waals surface area contributed by atoms with Crippen molar-refractivity contribution < 1.29 is 19.0 Å². The van der Waals surface area contributed by atoms with E-state index in [0.29, 0.717) is 41.1 Å². The molecular formula is C24H23N3O4S. The minimum absolute atomic E-state index is 0.0531. The van der Waals surface area contributed by atoms with E-state index >= 15 is 0 Å². The van der Waals surface area contributed by atoms with Crippen LogP contribution in [0.1, 0.15) is 19.4 Å². The number of rotatable bonds is 9. The van der Waals surface area contributed by atoms with E-state index in [4.69, 9.17) is 14.2 Å². The van der Waals surface area contributed by atoms with Crippen LogP contribution in [-0.2, 0) is 4.79 Å². The molecule has 3 aromatic rings. The average molecular weight is 450 g/mol. The lowest BCUT2D eigenvalue weighted by atomic mass is 10.1. The zero-order valence-corrected chi connectivity index (χ0v) is 18.9. The van der Waals surface area contributed by atoms with Gasteiger partial charge >= 0.3 is 0 Å². The van der Waals surface area contributed by atoms with Gasteiger partial charge in [0.25, 0.3) is 5.91 Å². The van der Waals surface area contributed by atoms with Crippen molar-refractivity contribution in [1.82, 2.24) is 4.98 Å². The first-order chi connectivity index (χ1) is 15.6. The number of hydrogen-bond acceptors (Lipinski definition) is 7. The molecular weight excluding hydrogens is 426 g/mol. The molecule has 2 aromatic carbocycles. The molecule has 0 aliphatic heterocycles. The predicted molar refractivity (Wildman–Crippen MR) is 125 cm³/mol. The molecule has 1 aromatic heterocycles. The van der Waals surface area contributed by atoms with Crippen molar-refractivity contribution in [2.75, 3.05) is 25.6 Å². The summed E-state index contributed by atoms with van der Waals surface area (Å²) in [5.74, 6) is 1.30. The summed E-state index contributed by atoms with van der Waals surface area (Å²) in [4.78, 5) is 17.2. The SMILES string of the molecule is CCOc1ccc(/C=C(\C#N)C(=O)Nc2nc(-c3ccccc3OCC)cs2)cc1OC. The number of carbonyl (C=O) groups excluding carboxylic acids is 1. The summed E-state index contributed by atoms with van der Waals surface area (Å²) in [5, 5.41) is 14.4. The van der Waals surface area contributed by atoms with Crippen LogP contribution in [0.25, 0.3) is 17.3 Å². The van der Waals surface area contributed by atoms with Crippen molar-refractivity contribution >= 4 is 28.5 Å². The fraction of sp³-hybridized carbons (Fsp3) is 0.208. The van der Waals surface area contributed by atoms with Gasteiger partial charge in [0, 0.05) is 10.9 Å². The second-order valence-electron chi connectivity index (χ2n) is 6.43. The predicted octanol–water partition coefficient (Wildman–Crippen LogP) is 5.16. The van der Waals surface area contributed by atoms with Crippen molar-refractivity contribution in [3.63, 3.8) is 0 Å². The van der Waals surface area contributed by atoms with Crippen LogP contribution in [0, 0.1) is 11.3 Å². The molecule has 0 radical (unpaired) electrons. The highest BCUT2D eigenvalue weighted by atomic mass is 32.1. The number of aromatic nitrogens is 1. The van der Waals surface area contributed by atoms with E-state index < -0.39 is 5.91 Å². The van der Waals surface area contributed by atoms with Gasteiger partial charge in [0.15, 0.2) is 16.6 Å². The van der Waals surface area contributed by atoms with Crippen LogP contribution < -0.4 is 19.5 Å². The van der Waals surface area contributed by atoms with E-state index in [1.807, 2.05) is 49.6 Å². The maximum atomic E-state index is 12.7. The Morgan fingerprint density at radius 3 is 2.59 bits per heavy atom. The van der Waals surface area contributed by atoms with Crippen LogP contribution in [0.3, 0.4) is 0 Å². The first kappa shape index (κ1) is 22.8. The van der Waals surface area contributed by atoms with Gasteiger partial charge in [0.2, 0.25) is 0 Å². The quantitative estimate of drug-likeness (QED) is 0.358. The Morgan fingerprint density at radius 2 is 1.88 bits per heavy atom. The third-order valence-electron chi connectivity index (χ3n) is 4.35. The Balaban J connectivity index is 1.79.